The molecule has 1 atom stereocenters. The van der Waals surface area contributed by atoms with Crippen molar-refractivity contribution >= 4 is 16.2 Å². The number of carboxylic acids is 1. The van der Waals surface area contributed by atoms with Gasteiger partial charge in [-0.3, -0.25) is 4.79 Å². The van der Waals surface area contributed by atoms with Gasteiger partial charge in [-0.15, -0.1) is 0 Å². The maximum absolute atomic E-state index is 12.4. The number of morpholine rings is 1. The Labute approximate surface area is 113 Å². The highest BCUT2D eigenvalue weighted by molar-refractivity contribution is 7.86. The van der Waals surface area contributed by atoms with E-state index in [1.807, 2.05) is 0 Å². The predicted octanol–water partition coefficient (Wildman–Crippen LogP) is -0.250. The highest BCUT2D eigenvalue weighted by atomic mass is 32.2. The highest BCUT2D eigenvalue weighted by Crippen LogP contribution is 2.25. The number of rotatable bonds is 5. The van der Waals surface area contributed by atoms with Crippen LogP contribution in [0.1, 0.15) is 19.3 Å². The molecular formula is C11H20N2O5S. The van der Waals surface area contributed by atoms with Crippen molar-refractivity contribution in [1.82, 2.24) is 8.61 Å². The van der Waals surface area contributed by atoms with E-state index in [2.05, 4.69) is 0 Å². The summed E-state index contributed by atoms with van der Waals surface area (Å²) < 4.78 is 32.8. The molecule has 2 rings (SSSR count). The molecule has 2 saturated heterocycles. The predicted molar refractivity (Wildman–Crippen MR) is 67.9 cm³/mol. The van der Waals surface area contributed by atoms with E-state index >= 15 is 0 Å². The fourth-order valence-corrected chi connectivity index (χ4v) is 4.18. The monoisotopic (exact) mass is 292 g/mol. The third kappa shape index (κ3) is 3.65. The van der Waals surface area contributed by atoms with Crippen LogP contribution in [0.5, 0.6) is 0 Å². The summed E-state index contributed by atoms with van der Waals surface area (Å²) in [6.07, 6.45) is 1.40. The Hall–Kier alpha value is -0.700. The average Bonchev–Trinajstić information content (AvgIpc) is 2.87. The van der Waals surface area contributed by atoms with E-state index in [9.17, 15) is 13.2 Å². The molecule has 0 spiro atoms. The zero-order valence-electron chi connectivity index (χ0n) is 10.8. The molecule has 8 heteroatoms. The Morgan fingerprint density at radius 3 is 2.53 bits per heavy atom. The van der Waals surface area contributed by atoms with E-state index in [0.29, 0.717) is 45.8 Å². The van der Waals surface area contributed by atoms with E-state index < -0.39 is 16.2 Å². The lowest BCUT2D eigenvalue weighted by Gasteiger charge is -2.30. The van der Waals surface area contributed by atoms with Crippen molar-refractivity contribution in [3.63, 3.8) is 0 Å². The summed E-state index contributed by atoms with van der Waals surface area (Å²) in [5.74, 6) is -0.665. The molecule has 0 aromatic rings. The molecule has 1 unspecified atom stereocenters. The normalized spacial score (nSPS) is 26.6. The van der Waals surface area contributed by atoms with E-state index in [-0.39, 0.29) is 12.3 Å². The van der Waals surface area contributed by atoms with Crippen LogP contribution in [0.2, 0.25) is 0 Å². The molecule has 0 radical (unpaired) electrons. The Morgan fingerprint density at radius 1 is 1.21 bits per heavy atom. The zero-order chi connectivity index (χ0) is 13.9. The smallest absolute Gasteiger partial charge is 0.303 e. The van der Waals surface area contributed by atoms with Crippen molar-refractivity contribution in [2.24, 2.45) is 5.92 Å². The van der Waals surface area contributed by atoms with Gasteiger partial charge >= 0.3 is 5.97 Å². The molecule has 0 aliphatic carbocycles. The van der Waals surface area contributed by atoms with Gasteiger partial charge in [0.2, 0.25) is 0 Å². The molecule has 2 aliphatic rings. The van der Waals surface area contributed by atoms with Crippen molar-refractivity contribution in [2.75, 3.05) is 39.4 Å². The lowest BCUT2D eigenvalue weighted by molar-refractivity contribution is -0.137. The zero-order valence-corrected chi connectivity index (χ0v) is 11.6. The minimum atomic E-state index is -3.39. The van der Waals surface area contributed by atoms with Gasteiger partial charge < -0.3 is 9.84 Å². The minimum absolute atomic E-state index is 0.107. The van der Waals surface area contributed by atoms with E-state index in [4.69, 9.17) is 9.84 Å². The first kappa shape index (κ1) is 14.7. The first-order valence-electron chi connectivity index (χ1n) is 6.55. The number of carboxylic acid groups (broad SMARTS) is 1. The van der Waals surface area contributed by atoms with Gasteiger partial charge in [0.25, 0.3) is 10.2 Å². The second-order valence-electron chi connectivity index (χ2n) is 4.96. The summed E-state index contributed by atoms with van der Waals surface area (Å²) in [6, 6.07) is 0. The SMILES string of the molecule is O=C(O)CCC1CCN(S(=O)(=O)N2CCOCC2)C1. The molecule has 0 aromatic carbocycles. The summed E-state index contributed by atoms with van der Waals surface area (Å²) in [4.78, 5) is 10.5. The van der Waals surface area contributed by atoms with Gasteiger partial charge in [-0.25, -0.2) is 0 Å². The van der Waals surface area contributed by atoms with Crippen LogP contribution in [0.3, 0.4) is 0 Å². The summed E-state index contributed by atoms with van der Waals surface area (Å²) in [6.45, 7) is 2.61. The second-order valence-corrected chi connectivity index (χ2v) is 6.89. The Bertz CT molecular complexity index is 419. The summed E-state index contributed by atoms with van der Waals surface area (Å²) in [5, 5.41) is 8.65. The van der Waals surface area contributed by atoms with Crippen LogP contribution >= 0.6 is 0 Å². The van der Waals surface area contributed by atoms with E-state index in [1.54, 1.807) is 0 Å². The fraction of sp³-hybridized carbons (Fsp3) is 0.909. The number of hydrogen-bond donors (Lipinski definition) is 1. The molecule has 7 nitrogen and oxygen atoms in total. The van der Waals surface area contributed by atoms with Crippen molar-refractivity contribution in [1.29, 1.82) is 0 Å². The van der Waals surface area contributed by atoms with Gasteiger partial charge in [-0.2, -0.15) is 17.0 Å². The fourth-order valence-electron chi connectivity index (χ4n) is 2.51. The third-order valence-corrected chi connectivity index (χ3v) is 5.64. The van der Waals surface area contributed by atoms with Crippen LogP contribution in [-0.4, -0.2) is 67.5 Å². The lowest BCUT2D eigenvalue weighted by Crippen LogP contribution is -2.47. The summed E-state index contributed by atoms with van der Waals surface area (Å²) >= 11 is 0. The molecule has 0 bridgehead atoms. The molecule has 110 valence electrons. The van der Waals surface area contributed by atoms with Crippen LogP contribution < -0.4 is 0 Å². The number of nitrogens with zero attached hydrogens (tertiary/aromatic N) is 2. The van der Waals surface area contributed by atoms with Crippen LogP contribution in [0.25, 0.3) is 0 Å². The van der Waals surface area contributed by atoms with Gasteiger partial charge in [-0.1, -0.05) is 0 Å². The number of hydrogen-bond acceptors (Lipinski definition) is 4. The molecule has 2 aliphatic heterocycles. The van der Waals surface area contributed by atoms with Crippen molar-refractivity contribution in [3.8, 4) is 0 Å². The highest BCUT2D eigenvalue weighted by Gasteiger charge is 2.36. The lowest BCUT2D eigenvalue weighted by atomic mass is 10.0. The van der Waals surface area contributed by atoms with Gasteiger partial charge in [0, 0.05) is 32.6 Å². The molecule has 0 saturated carbocycles. The van der Waals surface area contributed by atoms with Crippen LogP contribution in [0.4, 0.5) is 0 Å². The molecule has 1 N–H and O–H groups in total. The van der Waals surface area contributed by atoms with Gasteiger partial charge in [0.05, 0.1) is 13.2 Å². The molecule has 2 fully saturated rings. The topological polar surface area (TPSA) is 87.2 Å². The maximum atomic E-state index is 12.4. The standard InChI is InChI=1S/C11H20N2O5S/c14-11(15)2-1-10-3-4-13(9-10)19(16,17)12-5-7-18-8-6-12/h10H,1-9H2,(H,14,15). The quantitative estimate of drug-likeness (QED) is 0.755. The van der Waals surface area contributed by atoms with Crippen LogP contribution in [-0.2, 0) is 19.7 Å². The second kappa shape index (κ2) is 6.17. The minimum Gasteiger partial charge on any atom is -0.481 e. The number of ether oxygens (including phenoxy) is 1. The van der Waals surface area contributed by atoms with Crippen molar-refractivity contribution in [2.45, 2.75) is 19.3 Å². The largest absolute Gasteiger partial charge is 0.481 e. The Kier molecular flexibility index (Phi) is 4.77. The van der Waals surface area contributed by atoms with Gasteiger partial charge in [0.1, 0.15) is 0 Å². The van der Waals surface area contributed by atoms with Gasteiger partial charge in [-0.05, 0) is 18.8 Å². The van der Waals surface area contributed by atoms with Crippen LogP contribution in [0.15, 0.2) is 0 Å². The molecule has 0 aromatic heterocycles. The van der Waals surface area contributed by atoms with E-state index in [0.717, 1.165) is 6.42 Å². The average molecular weight is 292 g/mol. The molecular weight excluding hydrogens is 272 g/mol. The maximum Gasteiger partial charge on any atom is 0.303 e. The third-order valence-electron chi connectivity index (χ3n) is 3.64. The Balaban J connectivity index is 1.89. The number of aliphatic carboxylic acids is 1. The van der Waals surface area contributed by atoms with E-state index in [1.165, 1.54) is 8.61 Å². The number of carbonyl (C=O) groups is 1. The summed E-state index contributed by atoms with van der Waals surface area (Å²) in [7, 11) is -3.39. The van der Waals surface area contributed by atoms with Gasteiger partial charge in [0.15, 0.2) is 0 Å². The first-order chi connectivity index (χ1) is 9.00. The van der Waals surface area contributed by atoms with Crippen molar-refractivity contribution < 1.29 is 23.1 Å². The van der Waals surface area contributed by atoms with Crippen LogP contribution in [0, 0.1) is 5.92 Å². The Morgan fingerprint density at radius 2 is 1.89 bits per heavy atom. The summed E-state index contributed by atoms with van der Waals surface area (Å²) in [5.41, 5.74) is 0. The molecule has 2 heterocycles. The first-order valence-corrected chi connectivity index (χ1v) is 7.94. The molecule has 0 amide bonds. The van der Waals surface area contributed by atoms with Crippen molar-refractivity contribution in [3.05, 3.63) is 0 Å². The molecule has 19 heavy (non-hydrogen) atoms.